The van der Waals surface area contributed by atoms with Gasteiger partial charge in [0.1, 0.15) is 6.04 Å². The summed E-state index contributed by atoms with van der Waals surface area (Å²) in [5, 5.41) is 8.58. The monoisotopic (exact) mass is 493 g/mol. The van der Waals surface area contributed by atoms with Crippen molar-refractivity contribution in [2.45, 2.75) is 142 Å². The van der Waals surface area contributed by atoms with E-state index in [1.165, 1.54) is 57.8 Å². The Balaban J connectivity index is 4.16. The maximum atomic E-state index is 12.5. The fraction of sp³-hybridized carbons (Fsp3) is 0.828. The van der Waals surface area contributed by atoms with Crippen LogP contribution in [0.3, 0.4) is 0 Å². The molecule has 3 amide bonds. The topological polar surface area (TPSA) is 87.3 Å². The van der Waals surface area contributed by atoms with Gasteiger partial charge < -0.3 is 16.0 Å². The maximum Gasteiger partial charge on any atom is 0.242 e. The minimum atomic E-state index is -0.674. The molecule has 0 aromatic rings. The number of hydrogen-bond acceptors (Lipinski definition) is 3. The molecule has 0 saturated heterocycles. The molecule has 0 radical (unpaired) electrons. The summed E-state index contributed by atoms with van der Waals surface area (Å²) in [6, 6.07) is -0.674. The number of hydrogen-bond donors (Lipinski definition) is 3. The summed E-state index contributed by atoms with van der Waals surface area (Å²) in [6.07, 6.45) is 22.8. The Labute approximate surface area is 215 Å². The van der Waals surface area contributed by atoms with Gasteiger partial charge in [-0.05, 0) is 32.1 Å². The third-order valence-corrected chi connectivity index (χ3v) is 6.19. The predicted octanol–water partition coefficient (Wildman–Crippen LogP) is 6.34. The van der Waals surface area contributed by atoms with Gasteiger partial charge in [-0.25, -0.2) is 0 Å². The number of allylic oxidation sites excluding steroid dienone is 1. The second kappa shape index (κ2) is 25.2. The summed E-state index contributed by atoms with van der Waals surface area (Å²) < 4.78 is 0. The summed E-state index contributed by atoms with van der Waals surface area (Å²) in [5.41, 5.74) is 0. The number of nitrogens with one attached hydrogen (secondary N) is 3. The smallest absolute Gasteiger partial charge is 0.242 e. The fourth-order valence-electron chi connectivity index (χ4n) is 3.86. The van der Waals surface area contributed by atoms with Gasteiger partial charge in [0.15, 0.2) is 0 Å². The van der Waals surface area contributed by atoms with Gasteiger partial charge in [-0.15, -0.1) is 0 Å². The number of carbonyl (C=O) groups is 3. The SMILES string of the molecule is CCCCCCCCCCCC/C=C/CC(=O)N[C@@H](CCC(=O)NCCCC)C(=O)NCCCC. The van der Waals surface area contributed by atoms with E-state index < -0.39 is 6.04 Å². The van der Waals surface area contributed by atoms with E-state index >= 15 is 0 Å². The zero-order valence-electron chi connectivity index (χ0n) is 23.1. The van der Waals surface area contributed by atoms with Crippen LogP contribution in [-0.2, 0) is 14.4 Å². The van der Waals surface area contributed by atoms with E-state index in [1.807, 2.05) is 6.08 Å². The summed E-state index contributed by atoms with van der Waals surface area (Å²) in [6.45, 7) is 7.63. The van der Waals surface area contributed by atoms with Crippen LogP contribution in [0.4, 0.5) is 0 Å². The first-order valence-corrected chi connectivity index (χ1v) is 14.5. The molecule has 0 bridgehead atoms. The molecule has 1 atom stereocenters. The van der Waals surface area contributed by atoms with Crippen LogP contribution in [0.2, 0.25) is 0 Å². The Morgan fingerprint density at radius 3 is 1.77 bits per heavy atom. The lowest BCUT2D eigenvalue weighted by Crippen LogP contribution is -2.47. The highest BCUT2D eigenvalue weighted by Gasteiger charge is 2.21. The molecule has 35 heavy (non-hydrogen) atoms. The van der Waals surface area contributed by atoms with Crippen molar-refractivity contribution in [3.63, 3.8) is 0 Å². The largest absolute Gasteiger partial charge is 0.356 e. The first-order valence-electron chi connectivity index (χ1n) is 14.5. The van der Waals surface area contributed by atoms with E-state index in [2.05, 4.69) is 42.8 Å². The standard InChI is InChI=1S/C29H55N3O3/c1-4-7-10-11-12-13-14-15-16-17-18-19-20-21-28(34)32-26(29(35)31-25-9-6-3)22-23-27(33)30-24-8-5-2/h19-20,26H,4-18,21-25H2,1-3H3,(H,30,33)(H,31,35)(H,32,34)/b20-19+/t26-/m0/s1. The molecule has 0 unspecified atom stereocenters. The van der Waals surface area contributed by atoms with Crippen molar-refractivity contribution in [2.24, 2.45) is 0 Å². The molecule has 0 aliphatic heterocycles. The van der Waals surface area contributed by atoms with Gasteiger partial charge in [0, 0.05) is 25.9 Å². The second-order valence-corrected chi connectivity index (χ2v) is 9.65. The quantitative estimate of drug-likeness (QED) is 0.108. The lowest BCUT2D eigenvalue weighted by atomic mass is 10.1. The minimum Gasteiger partial charge on any atom is -0.356 e. The summed E-state index contributed by atoms with van der Waals surface area (Å²) >= 11 is 0. The van der Waals surface area contributed by atoms with E-state index in [-0.39, 0.29) is 30.6 Å². The molecule has 6 nitrogen and oxygen atoms in total. The van der Waals surface area contributed by atoms with Crippen LogP contribution < -0.4 is 16.0 Å². The predicted molar refractivity (Wildman–Crippen MR) is 147 cm³/mol. The summed E-state index contributed by atoms with van der Waals surface area (Å²) in [5.74, 6) is -0.454. The van der Waals surface area contributed by atoms with E-state index in [0.717, 1.165) is 38.5 Å². The fourth-order valence-corrected chi connectivity index (χ4v) is 3.86. The molecule has 0 saturated carbocycles. The average molecular weight is 494 g/mol. The van der Waals surface area contributed by atoms with Gasteiger partial charge >= 0.3 is 0 Å². The normalized spacial score (nSPS) is 12.0. The number of carbonyl (C=O) groups excluding carboxylic acids is 3. The molecular weight excluding hydrogens is 438 g/mol. The number of unbranched alkanes of at least 4 members (excludes halogenated alkanes) is 12. The van der Waals surface area contributed by atoms with E-state index in [9.17, 15) is 14.4 Å². The van der Waals surface area contributed by atoms with Crippen LogP contribution >= 0.6 is 0 Å². The average Bonchev–Trinajstić information content (AvgIpc) is 2.84. The van der Waals surface area contributed by atoms with Crippen molar-refractivity contribution in [2.75, 3.05) is 13.1 Å². The summed E-state index contributed by atoms with van der Waals surface area (Å²) in [7, 11) is 0. The van der Waals surface area contributed by atoms with Crippen molar-refractivity contribution in [3.05, 3.63) is 12.2 Å². The van der Waals surface area contributed by atoms with Gasteiger partial charge in [-0.1, -0.05) is 104 Å². The van der Waals surface area contributed by atoms with Crippen LogP contribution in [0.15, 0.2) is 12.2 Å². The first-order chi connectivity index (χ1) is 17.0. The number of amides is 3. The minimum absolute atomic E-state index is 0.0737. The van der Waals surface area contributed by atoms with Crippen molar-refractivity contribution in [1.82, 2.24) is 16.0 Å². The van der Waals surface area contributed by atoms with Crippen molar-refractivity contribution >= 4 is 17.7 Å². The lowest BCUT2D eigenvalue weighted by Gasteiger charge is -2.18. The molecule has 3 N–H and O–H groups in total. The highest BCUT2D eigenvalue weighted by Crippen LogP contribution is 2.11. The zero-order chi connectivity index (χ0) is 26.0. The molecule has 204 valence electrons. The summed E-state index contributed by atoms with van der Waals surface area (Å²) in [4.78, 5) is 37.0. The van der Waals surface area contributed by atoms with Gasteiger partial charge in [0.25, 0.3) is 0 Å². The molecule has 6 heteroatoms. The van der Waals surface area contributed by atoms with E-state index in [4.69, 9.17) is 0 Å². The third-order valence-electron chi connectivity index (χ3n) is 6.19. The Morgan fingerprint density at radius 1 is 0.629 bits per heavy atom. The van der Waals surface area contributed by atoms with Crippen LogP contribution in [0.25, 0.3) is 0 Å². The van der Waals surface area contributed by atoms with Gasteiger partial charge in [0.05, 0.1) is 0 Å². The van der Waals surface area contributed by atoms with Crippen molar-refractivity contribution in [1.29, 1.82) is 0 Å². The maximum absolute atomic E-state index is 12.5. The molecule has 0 aliphatic carbocycles. The highest BCUT2D eigenvalue weighted by molar-refractivity contribution is 5.88. The molecule has 0 rings (SSSR count). The van der Waals surface area contributed by atoms with Gasteiger partial charge in [-0.2, -0.15) is 0 Å². The number of rotatable bonds is 24. The molecule has 0 heterocycles. The lowest BCUT2D eigenvalue weighted by molar-refractivity contribution is -0.129. The third kappa shape index (κ3) is 22.4. The second-order valence-electron chi connectivity index (χ2n) is 9.65. The molecule has 0 spiro atoms. The Kier molecular flexibility index (Phi) is 23.9. The van der Waals surface area contributed by atoms with Crippen LogP contribution in [0.5, 0.6) is 0 Å². The van der Waals surface area contributed by atoms with E-state index in [0.29, 0.717) is 19.5 Å². The van der Waals surface area contributed by atoms with E-state index in [1.54, 1.807) is 0 Å². The first kappa shape index (κ1) is 33.1. The molecule has 0 aliphatic rings. The van der Waals surface area contributed by atoms with Crippen LogP contribution in [0, 0.1) is 0 Å². The Bertz CT molecular complexity index is 563. The van der Waals surface area contributed by atoms with Crippen LogP contribution in [0.1, 0.15) is 136 Å². The Morgan fingerprint density at radius 2 is 1.17 bits per heavy atom. The molecule has 0 fully saturated rings. The highest BCUT2D eigenvalue weighted by atomic mass is 16.2. The molecule has 0 aromatic heterocycles. The van der Waals surface area contributed by atoms with Crippen molar-refractivity contribution in [3.8, 4) is 0 Å². The zero-order valence-corrected chi connectivity index (χ0v) is 23.1. The van der Waals surface area contributed by atoms with Crippen molar-refractivity contribution < 1.29 is 14.4 Å². The van der Waals surface area contributed by atoms with Gasteiger partial charge in [-0.3, -0.25) is 14.4 Å². The molecular formula is C29H55N3O3. The molecule has 0 aromatic carbocycles. The van der Waals surface area contributed by atoms with Crippen LogP contribution in [-0.4, -0.2) is 36.9 Å². The Hall–Kier alpha value is -1.85. The van der Waals surface area contributed by atoms with Gasteiger partial charge in [0.2, 0.25) is 17.7 Å².